The van der Waals surface area contributed by atoms with E-state index in [4.69, 9.17) is 32.7 Å². The van der Waals surface area contributed by atoms with Gasteiger partial charge in [-0.1, -0.05) is 30.3 Å². The number of aliphatic hydroxyl groups excluding tert-OH is 2. The lowest BCUT2D eigenvalue weighted by molar-refractivity contribution is 0.417. The van der Waals surface area contributed by atoms with Crippen LogP contribution in [0.15, 0.2) is 154 Å². The Hall–Kier alpha value is -9.76. The second kappa shape index (κ2) is 25.1. The van der Waals surface area contributed by atoms with Gasteiger partial charge in [0.25, 0.3) is 40.5 Å². The number of methoxy groups -OCH3 is 2. The lowest BCUT2D eigenvalue weighted by Crippen LogP contribution is -2.07. The first-order valence-electron chi connectivity index (χ1n) is 24.6. The van der Waals surface area contributed by atoms with Crippen molar-refractivity contribution in [1.29, 1.82) is 0 Å². The maximum absolute atomic E-state index is 13.3. The normalized spacial score (nSPS) is 12.7. The summed E-state index contributed by atoms with van der Waals surface area (Å²) in [6.07, 6.45) is 2.24. The second-order valence-electron chi connectivity index (χ2n) is 18.2. The molecule has 0 atom stereocenters. The number of hydrogen-bond acceptors (Lipinski definition) is 26. The second-order valence-corrected chi connectivity index (χ2v) is 24.5. The van der Waals surface area contributed by atoms with E-state index in [0.29, 0.717) is 0 Å². The van der Waals surface area contributed by atoms with Gasteiger partial charge in [-0.05, 0) is 84.2 Å². The molecule has 0 aliphatic carbocycles. The maximum atomic E-state index is 13.3. The van der Waals surface area contributed by atoms with E-state index in [1.165, 1.54) is 77.5 Å². The number of hydrogen-bond donors (Lipinski definition) is 10. The van der Waals surface area contributed by atoms with E-state index in [2.05, 4.69) is 81.6 Å². The van der Waals surface area contributed by atoms with Crippen molar-refractivity contribution in [3.05, 3.63) is 120 Å². The van der Waals surface area contributed by atoms with Gasteiger partial charge in [0.15, 0.2) is 11.8 Å². The van der Waals surface area contributed by atoms with Crippen LogP contribution in [-0.2, 0) is 40.5 Å². The van der Waals surface area contributed by atoms with Gasteiger partial charge in [0.05, 0.1) is 48.3 Å². The first kappa shape index (κ1) is 63.7. The molecule has 9 rings (SSSR count). The predicted molar refractivity (Wildman–Crippen MR) is 326 cm³/mol. The molecule has 38 heteroatoms. The minimum absolute atomic E-state index is 0.00614. The van der Waals surface area contributed by atoms with E-state index in [1.54, 1.807) is 0 Å². The van der Waals surface area contributed by atoms with E-state index >= 15 is 0 Å². The van der Waals surface area contributed by atoms with Crippen LogP contribution in [0.4, 0.5) is 80.1 Å². The van der Waals surface area contributed by atoms with Crippen molar-refractivity contribution in [2.24, 2.45) is 30.4 Å². The molecule has 0 unspecified atom stereocenters. The molecule has 7 aromatic carbocycles. The van der Waals surface area contributed by atoms with Gasteiger partial charge in [-0.15, -0.1) is 20.5 Å². The van der Waals surface area contributed by atoms with Gasteiger partial charge in [-0.25, -0.2) is 29.9 Å². The van der Waals surface area contributed by atoms with E-state index in [1.807, 2.05) is 0 Å². The third-order valence-electron chi connectivity index (χ3n) is 12.4. The minimum atomic E-state index is -5.31. The van der Waals surface area contributed by atoms with Crippen molar-refractivity contribution in [2.75, 3.05) is 35.5 Å². The smallest absolute Gasteiger partial charge is 0.295 e. The molecule has 9 aromatic rings. The fraction of sp³-hybridized carbons (Fsp3) is 0.0980. The molecule has 0 bridgehead atoms. The molecule has 89 heavy (non-hydrogen) atoms. The van der Waals surface area contributed by atoms with E-state index in [9.17, 15) is 62.1 Å². The van der Waals surface area contributed by atoms with Crippen LogP contribution in [0.2, 0.25) is 10.6 Å². The maximum Gasteiger partial charge on any atom is 0.295 e. The predicted octanol–water partition coefficient (Wildman–Crippen LogP) is 12.0. The Balaban J connectivity index is 1.25. The molecule has 0 fully saturated rings. The van der Waals surface area contributed by atoms with Crippen LogP contribution in [0, 0.1) is 6.92 Å². The Kier molecular flexibility index (Phi) is 18.0. The SMILES string of the molecule is COc1cc(N=Nc2cc(S(=O)(=O)O)c3cccc(S(=O)(=O)O)c3c2Nc2cccc(Nc3c(N=Nc4cc(OC)c(Nc5ncnc(Cl)n5)cc4N=C(C)O)cc(S(=O)(=O)O)c4cccc(S(=O)(=O)O)c34)c2C)c(N=C(C)O)cc1Nc1ncnc(Cl)n1. The number of anilines is 8. The van der Waals surface area contributed by atoms with Gasteiger partial charge in [0.1, 0.15) is 66.5 Å². The molecule has 2 aromatic heterocycles. The topological polar surface area (TPSA) is 476 Å². The zero-order valence-corrected chi connectivity index (χ0v) is 50.6. The van der Waals surface area contributed by atoms with Gasteiger partial charge < -0.3 is 41.0 Å². The Labute approximate surface area is 513 Å². The number of fused-ring (bicyclic) bond motifs is 2. The molecule has 0 aliphatic rings. The van der Waals surface area contributed by atoms with Crippen LogP contribution < -0.4 is 30.7 Å². The Morgan fingerprint density at radius 2 is 0.820 bits per heavy atom. The fourth-order valence-corrected chi connectivity index (χ4v) is 11.8. The molecular formula is C51H42Cl2N16O16S4. The van der Waals surface area contributed by atoms with E-state index < -0.39 is 116 Å². The number of nitrogens with one attached hydrogen (secondary N) is 4. The molecule has 0 aliphatic heterocycles. The highest BCUT2D eigenvalue weighted by atomic mass is 35.5. The third-order valence-corrected chi connectivity index (χ3v) is 16.3. The number of azo groups is 2. The summed E-state index contributed by atoms with van der Waals surface area (Å²) in [5.41, 5.74) is -2.11. The van der Waals surface area contributed by atoms with Crippen LogP contribution in [0.25, 0.3) is 21.5 Å². The molecule has 2 heterocycles. The Bertz CT molecular complexity index is 4700. The molecule has 0 saturated heterocycles. The molecule has 0 saturated carbocycles. The number of aromatic nitrogens is 6. The van der Waals surface area contributed by atoms with E-state index in [0.717, 1.165) is 61.2 Å². The number of benzene rings is 7. The molecule has 10 N–H and O–H groups in total. The summed E-state index contributed by atoms with van der Waals surface area (Å²) < 4.78 is 160. The fourth-order valence-electron chi connectivity index (χ4n) is 8.70. The lowest BCUT2D eigenvalue weighted by atomic mass is 10.0. The zero-order chi connectivity index (χ0) is 64.5. The van der Waals surface area contributed by atoms with Gasteiger partial charge >= 0.3 is 0 Å². The summed E-state index contributed by atoms with van der Waals surface area (Å²) in [7, 11) is -18.6. The van der Waals surface area contributed by atoms with Crippen molar-refractivity contribution < 1.29 is 71.6 Å². The summed E-state index contributed by atoms with van der Waals surface area (Å²) in [5, 5.41) is 47.4. The number of aliphatic imine (C=N–C) groups is 2. The monoisotopic (exact) mass is 1330 g/mol. The minimum Gasteiger partial charge on any atom is -0.497 e. The summed E-state index contributed by atoms with van der Waals surface area (Å²) in [5.74, 6) is -1.00. The van der Waals surface area contributed by atoms with E-state index in [-0.39, 0.29) is 85.0 Å². The van der Waals surface area contributed by atoms with Crippen molar-refractivity contribution in [3.63, 3.8) is 0 Å². The van der Waals surface area contributed by atoms with Crippen LogP contribution >= 0.6 is 23.2 Å². The standard InChI is InChI=1S/C51H42Cl2N16O16S4/c1-23-28(60-46-36(19-42(88(78,79)80)26-9-6-13-40(44(26)46)86(72,73)74)68-66-32-17-38(84-4)34(15-30(32)58-24(2)70)62-50-56-21-54-48(52)64-50)11-8-12-29(23)61-47-37(20-43(89(81,82)83)27-10-7-14-41(45(27)47)87(75,76)77)69-67-33-18-39(85-5)35(16-31(33)59-25(3)71)63-51-57-22-55-49(53)65-51/h6-22,60-61H,1-5H3,(H,58,70)(H,59,71)(H,72,73,74)(H,75,76,77)(H,78,79,80)(H,81,82,83)(H,54,56,62,64)(H,55,57,63,65). The summed E-state index contributed by atoms with van der Waals surface area (Å²) >= 11 is 11.9. The quantitative estimate of drug-likeness (QED) is 0.0147. The van der Waals surface area contributed by atoms with Crippen molar-refractivity contribution >= 4 is 177 Å². The van der Waals surface area contributed by atoms with Gasteiger partial charge in [0, 0.05) is 58.9 Å². The number of aliphatic hydroxyl groups is 2. The third kappa shape index (κ3) is 14.3. The number of halogens is 2. The Morgan fingerprint density at radius 3 is 1.16 bits per heavy atom. The summed E-state index contributed by atoms with van der Waals surface area (Å²) in [4.78, 5) is 28.1. The summed E-state index contributed by atoms with van der Waals surface area (Å²) in [6, 6.07) is 17.4. The van der Waals surface area contributed by atoms with Crippen LogP contribution in [0.3, 0.4) is 0 Å². The molecular weight excluding hydrogens is 1290 g/mol. The van der Waals surface area contributed by atoms with Gasteiger partial charge in [-0.3, -0.25) is 18.2 Å². The molecule has 0 radical (unpaired) electrons. The Morgan fingerprint density at radius 1 is 0.461 bits per heavy atom. The van der Waals surface area contributed by atoms with Crippen molar-refractivity contribution in [3.8, 4) is 11.5 Å². The van der Waals surface area contributed by atoms with Crippen LogP contribution in [0.5, 0.6) is 11.5 Å². The number of nitrogens with zero attached hydrogens (tertiary/aromatic N) is 12. The largest absolute Gasteiger partial charge is 0.497 e. The molecule has 32 nitrogen and oxygen atoms in total. The van der Waals surface area contributed by atoms with Crippen molar-refractivity contribution in [2.45, 2.75) is 40.4 Å². The summed E-state index contributed by atoms with van der Waals surface area (Å²) in [6.45, 7) is 3.92. The first-order valence-corrected chi connectivity index (χ1v) is 31.2. The van der Waals surface area contributed by atoms with Gasteiger partial charge in [0.2, 0.25) is 22.5 Å². The van der Waals surface area contributed by atoms with Crippen LogP contribution in [-0.4, -0.2) is 118 Å². The number of rotatable bonds is 20. The highest BCUT2D eigenvalue weighted by Gasteiger charge is 2.29. The van der Waals surface area contributed by atoms with Gasteiger partial charge in [-0.2, -0.15) is 43.6 Å². The average molecular weight is 1330 g/mol. The first-order chi connectivity index (χ1) is 41.9. The average Bonchev–Trinajstić information content (AvgIpc) is 1.33. The molecule has 460 valence electrons. The lowest BCUT2D eigenvalue weighted by Gasteiger charge is -2.21. The highest BCUT2D eigenvalue weighted by molar-refractivity contribution is 7.87. The van der Waals surface area contributed by atoms with Crippen LogP contribution in [0.1, 0.15) is 19.4 Å². The van der Waals surface area contributed by atoms with Crippen molar-refractivity contribution in [1.82, 2.24) is 29.9 Å². The highest BCUT2D eigenvalue weighted by Crippen LogP contribution is 2.49. The molecule has 0 amide bonds. The zero-order valence-electron chi connectivity index (χ0n) is 45.8. The molecule has 0 spiro atoms. The number of ether oxygens (including phenoxy) is 2.